The smallest absolute Gasteiger partial charge is 0.343 e. The van der Waals surface area contributed by atoms with Crippen molar-refractivity contribution in [2.45, 2.75) is 20.8 Å². The number of hydrogen-bond donors (Lipinski definition) is 1. The van der Waals surface area contributed by atoms with Gasteiger partial charge in [-0.25, -0.2) is 10.2 Å². The Kier molecular flexibility index (Phi) is 7.17. The maximum Gasteiger partial charge on any atom is 0.343 e. The van der Waals surface area contributed by atoms with Gasteiger partial charge in [0.15, 0.2) is 6.61 Å². The van der Waals surface area contributed by atoms with Crippen molar-refractivity contribution in [3.05, 3.63) is 94.5 Å². The van der Waals surface area contributed by atoms with Gasteiger partial charge in [0.1, 0.15) is 11.5 Å². The van der Waals surface area contributed by atoms with Crippen LogP contribution in [0.2, 0.25) is 0 Å². The van der Waals surface area contributed by atoms with E-state index in [0.29, 0.717) is 17.1 Å². The van der Waals surface area contributed by atoms with Gasteiger partial charge in [0.2, 0.25) is 0 Å². The fraction of sp³-hybridized carbons (Fsp3) is 0.160. The second-order valence-electron chi connectivity index (χ2n) is 7.10. The molecular formula is C25H24N2O4. The Labute approximate surface area is 181 Å². The molecule has 1 amide bonds. The zero-order valence-corrected chi connectivity index (χ0v) is 17.7. The molecule has 1 N–H and O–H groups in total. The normalized spacial score (nSPS) is 10.7. The van der Waals surface area contributed by atoms with Gasteiger partial charge in [0.25, 0.3) is 5.91 Å². The van der Waals surface area contributed by atoms with Crippen LogP contribution in [0.3, 0.4) is 0 Å². The summed E-state index contributed by atoms with van der Waals surface area (Å²) in [5.74, 6) is 0.295. The highest BCUT2D eigenvalue weighted by atomic mass is 16.5. The summed E-state index contributed by atoms with van der Waals surface area (Å²) in [7, 11) is 0. The average Bonchev–Trinajstić information content (AvgIpc) is 2.76. The molecule has 6 heteroatoms. The van der Waals surface area contributed by atoms with Gasteiger partial charge in [-0.15, -0.1) is 0 Å². The molecule has 3 rings (SSSR count). The first-order chi connectivity index (χ1) is 14.9. The minimum absolute atomic E-state index is 0.131. The van der Waals surface area contributed by atoms with Gasteiger partial charge >= 0.3 is 5.97 Å². The Morgan fingerprint density at radius 2 is 1.58 bits per heavy atom. The summed E-state index contributed by atoms with van der Waals surface area (Å²) < 4.78 is 10.9. The highest BCUT2D eigenvalue weighted by molar-refractivity contribution is 5.92. The van der Waals surface area contributed by atoms with Crippen molar-refractivity contribution in [3.63, 3.8) is 0 Å². The molecule has 0 aliphatic carbocycles. The standard InChI is InChI=1S/C25H24N2O4/c1-17-8-11-22(14-19(17)3)30-16-24(28)27-26-15-20-9-12-21(13-10-20)31-25(29)23-7-5-4-6-18(23)2/h4-15H,16H2,1-3H3,(H,27,28). The number of amides is 1. The topological polar surface area (TPSA) is 77.0 Å². The Bertz CT molecular complexity index is 1100. The first-order valence-electron chi connectivity index (χ1n) is 9.82. The van der Waals surface area contributed by atoms with E-state index >= 15 is 0 Å². The monoisotopic (exact) mass is 416 g/mol. The van der Waals surface area contributed by atoms with Crippen LogP contribution in [0.25, 0.3) is 0 Å². The molecule has 0 saturated carbocycles. The zero-order valence-electron chi connectivity index (χ0n) is 17.7. The lowest BCUT2D eigenvalue weighted by Gasteiger charge is -2.07. The van der Waals surface area contributed by atoms with Gasteiger partial charge in [0.05, 0.1) is 11.8 Å². The predicted octanol–water partition coefficient (Wildman–Crippen LogP) is 4.36. The first kappa shape index (κ1) is 21.8. The summed E-state index contributed by atoms with van der Waals surface area (Å²) in [6.07, 6.45) is 1.50. The lowest BCUT2D eigenvalue weighted by atomic mass is 10.1. The van der Waals surface area contributed by atoms with Crippen LogP contribution in [-0.4, -0.2) is 24.7 Å². The van der Waals surface area contributed by atoms with Crippen molar-refractivity contribution < 1.29 is 19.1 Å². The molecule has 0 aromatic heterocycles. The number of esters is 1. The third-order valence-electron chi connectivity index (χ3n) is 4.71. The van der Waals surface area contributed by atoms with Crippen molar-refractivity contribution >= 4 is 18.1 Å². The van der Waals surface area contributed by atoms with E-state index in [0.717, 1.165) is 22.3 Å². The molecule has 0 spiro atoms. The Balaban J connectivity index is 1.47. The summed E-state index contributed by atoms with van der Waals surface area (Å²) in [4.78, 5) is 24.1. The van der Waals surface area contributed by atoms with E-state index in [1.165, 1.54) is 6.21 Å². The van der Waals surface area contributed by atoms with E-state index in [1.807, 2.05) is 51.1 Å². The van der Waals surface area contributed by atoms with Crippen LogP contribution in [0, 0.1) is 20.8 Å². The van der Waals surface area contributed by atoms with E-state index in [4.69, 9.17) is 9.47 Å². The Morgan fingerprint density at radius 1 is 0.871 bits per heavy atom. The summed E-state index contributed by atoms with van der Waals surface area (Å²) in [6, 6.07) is 19.7. The molecule has 0 aliphatic heterocycles. The number of rotatable bonds is 7. The summed E-state index contributed by atoms with van der Waals surface area (Å²) in [6.45, 7) is 5.73. The molecule has 0 heterocycles. The number of aryl methyl sites for hydroxylation is 3. The van der Waals surface area contributed by atoms with Gasteiger partial charge in [-0.2, -0.15) is 5.10 Å². The van der Waals surface area contributed by atoms with E-state index < -0.39 is 5.97 Å². The third kappa shape index (κ3) is 6.27. The minimum atomic E-state index is -0.407. The number of nitrogens with zero attached hydrogens (tertiary/aromatic N) is 1. The number of carbonyl (C=O) groups excluding carboxylic acids is 2. The fourth-order valence-electron chi connectivity index (χ4n) is 2.75. The molecule has 0 saturated heterocycles. The molecule has 0 atom stereocenters. The predicted molar refractivity (Wildman–Crippen MR) is 120 cm³/mol. The van der Waals surface area contributed by atoms with Crippen molar-refractivity contribution in [1.29, 1.82) is 0 Å². The van der Waals surface area contributed by atoms with Crippen molar-refractivity contribution in [3.8, 4) is 11.5 Å². The fourth-order valence-corrected chi connectivity index (χ4v) is 2.75. The molecule has 0 unspecified atom stereocenters. The van der Waals surface area contributed by atoms with Crippen LogP contribution in [0.15, 0.2) is 71.8 Å². The molecular weight excluding hydrogens is 392 g/mol. The molecule has 0 fully saturated rings. The SMILES string of the molecule is Cc1ccc(OCC(=O)NN=Cc2ccc(OC(=O)c3ccccc3C)cc2)cc1C. The maximum absolute atomic E-state index is 12.3. The highest BCUT2D eigenvalue weighted by Crippen LogP contribution is 2.17. The van der Waals surface area contributed by atoms with Crippen molar-refractivity contribution in [2.75, 3.05) is 6.61 Å². The van der Waals surface area contributed by atoms with Gasteiger partial charge in [-0.1, -0.05) is 24.3 Å². The van der Waals surface area contributed by atoms with Crippen LogP contribution >= 0.6 is 0 Å². The summed E-state index contributed by atoms with van der Waals surface area (Å²) in [5, 5.41) is 3.92. The molecule has 0 bridgehead atoms. The zero-order chi connectivity index (χ0) is 22.2. The van der Waals surface area contributed by atoms with Crippen LogP contribution < -0.4 is 14.9 Å². The first-order valence-corrected chi connectivity index (χ1v) is 9.82. The maximum atomic E-state index is 12.3. The molecule has 158 valence electrons. The molecule has 0 aliphatic rings. The summed E-state index contributed by atoms with van der Waals surface area (Å²) >= 11 is 0. The molecule has 31 heavy (non-hydrogen) atoms. The van der Waals surface area contributed by atoms with Gasteiger partial charge in [-0.05, 0) is 85.5 Å². The van der Waals surface area contributed by atoms with Gasteiger partial charge in [0, 0.05) is 0 Å². The van der Waals surface area contributed by atoms with E-state index in [9.17, 15) is 9.59 Å². The molecule has 6 nitrogen and oxygen atoms in total. The van der Waals surface area contributed by atoms with Crippen LogP contribution in [-0.2, 0) is 4.79 Å². The largest absolute Gasteiger partial charge is 0.484 e. The number of ether oxygens (including phenoxy) is 2. The van der Waals surface area contributed by atoms with Crippen LogP contribution in [0.4, 0.5) is 0 Å². The van der Waals surface area contributed by atoms with E-state index in [1.54, 1.807) is 36.4 Å². The van der Waals surface area contributed by atoms with E-state index in [-0.39, 0.29) is 12.5 Å². The minimum Gasteiger partial charge on any atom is -0.484 e. The van der Waals surface area contributed by atoms with Gasteiger partial charge < -0.3 is 9.47 Å². The number of hydrazone groups is 1. The van der Waals surface area contributed by atoms with Crippen LogP contribution in [0.5, 0.6) is 11.5 Å². The third-order valence-corrected chi connectivity index (χ3v) is 4.71. The number of nitrogens with one attached hydrogen (secondary N) is 1. The second-order valence-corrected chi connectivity index (χ2v) is 7.10. The lowest BCUT2D eigenvalue weighted by Crippen LogP contribution is -2.24. The lowest BCUT2D eigenvalue weighted by molar-refractivity contribution is -0.123. The second kappa shape index (κ2) is 10.2. The molecule has 3 aromatic rings. The van der Waals surface area contributed by atoms with Crippen molar-refractivity contribution in [2.24, 2.45) is 5.10 Å². The van der Waals surface area contributed by atoms with Gasteiger partial charge in [-0.3, -0.25) is 4.79 Å². The Morgan fingerprint density at radius 3 is 2.29 bits per heavy atom. The Hall–Kier alpha value is -3.93. The number of benzene rings is 3. The quantitative estimate of drug-likeness (QED) is 0.269. The molecule has 0 radical (unpaired) electrons. The van der Waals surface area contributed by atoms with Crippen LogP contribution in [0.1, 0.15) is 32.6 Å². The van der Waals surface area contributed by atoms with E-state index in [2.05, 4.69) is 10.5 Å². The molecule has 3 aromatic carbocycles. The van der Waals surface area contributed by atoms with Crippen molar-refractivity contribution in [1.82, 2.24) is 5.43 Å². The highest BCUT2D eigenvalue weighted by Gasteiger charge is 2.10. The number of carbonyl (C=O) groups is 2. The average molecular weight is 416 g/mol. The summed E-state index contributed by atoms with van der Waals surface area (Å²) in [5.41, 5.74) is 6.81. The number of hydrogen-bond acceptors (Lipinski definition) is 5.